The third kappa shape index (κ3) is 5.07. The van der Waals surface area contributed by atoms with Crippen molar-refractivity contribution in [1.29, 1.82) is 0 Å². The second kappa shape index (κ2) is 9.54. The van der Waals surface area contributed by atoms with Gasteiger partial charge in [0.1, 0.15) is 6.61 Å². The lowest BCUT2D eigenvalue weighted by atomic mass is 10.2. The smallest absolute Gasteiger partial charge is 0.222 e. The highest BCUT2D eigenvalue weighted by Crippen LogP contribution is 2.31. The van der Waals surface area contributed by atoms with Crippen LogP contribution in [0.15, 0.2) is 24.3 Å². The zero-order chi connectivity index (χ0) is 15.1. The summed E-state index contributed by atoms with van der Waals surface area (Å²) in [5, 5.41) is 0. The van der Waals surface area contributed by atoms with E-state index >= 15 is 0 Å². The van der Waals surface area contributed by atoms with Crippen LogP contribution in [0.1, 0.15) is 26.2 Å². The number of para-hydroxylation sites is 2. The van der Waals surface area contributed by atoms with E-state index in [-0.39, 0.29) is 24.4 Å². The molecule has 0 saturated carbocycles. The summed E-state index contributed by atoms with van der Waals surface area (Å²) in [6.45, 7) is 4.39. The van der Waals surface area contributed by atoms with E-state index in [4.69, 9.17) is 15.2 Å². The lowest BCUT2D eigenvalue weighted by Gasteiger charge is -2.31. The summed E-state index contributed by atoms with van der Waals surface area (Å²) in [5.41, 5.74) is 5.47. The molecule has 1 aromatic carbocycles. The van der Waals surface area contributed by atoms with Gasteiger partial charge in [0.15, 0.2) is 17.6 Å². The van der Waals surface area contributed by atoms with E-state index in [9.17, 15) is 4.79 Å². The maximum Gasteiger partial charge on any atom is 0.222 e. The molecule has 0 aromatic heterocycles. The summed E-state index contributed by atoms with van der Waals surface area (Å²) >= 11 is 0. The van der Waals surface area contributed by atoms with Crippen molar-refractivity contribution < 1.29 is 14.3 Å². The lowest BCUT2D eigenvalue weighted by Crippen LogP contribution is -2.44. The number of carbonyl (C=O) groups is 1. The van der Waals surface area contributed by atoms with Gasteiger partial charge in [0.05, 0.1) is 6.54 Å². The minimum atomic E-state index is -0.117. The first kappa shape index (κ1) is 18.6. The number of benzene rings is 1. The molecule has 0 fully saturated rings. The first-order valence-electron chi connectivity index (χ1n) is 7.61. The Hall–Kier alpha value is -1.46. The second-order valence-corrected chi connectivity index (χ2v) is 5.23. The van der Waals surface area contributed by atoms with Crippen LogP contribution in [0.4, 0.5) is 0 Å². The maximum absolute atomic E-state index is 12.2. The van der Waals surface area contributed by atoms with Crippen molar-refractivity contribution in [1.82, 2.24) is 4.90 Å². The molecular formula is C16H25ClN2O3. The second-order valence-electron chi connectivity index (χ2n) is 5.23. The molecule has 0 radical (unpaired) electrons. The third-order valence-electron chi connectivity index (χ3n) is 3.43. The number of amides is 1. The Bertz CT molecular complexity index is 470. The fourth-order valence-corrected chi connectivity index (χ4v) is 2.40. The van der Waals surface area contributed by atoms with Crippen molar-refractivity contribution in [3.05, 3.63) is 24.3 Å². The Labute approximate surface area is 138 Å². The first-order chi connectivity index (χ1) is 10.2. The maximum atomic E-state index is 12.2. The Balaban J connectivity index is 0.00000242. The molecule has 0 aliphatic carbocycles. The van der Waals surface area contributed by atoms with Crippen molar-refractivity contribution in [2.75, 3.05) is 26.2 Å². The van der Waals surface area contributed by atoms with Gasteiger partial charge in [-0.1, -0.05) is 19.1 Å². The fraction of sp³-hybridized carbons (Fsp3) is 0.562. The van der Waals surface area contributed by atoms with Crippen LogP contribution in [0.5, 0.6) is 11.5 Å². The molecule has 2 N–H and O–H groups in total. The van der Waals surface area contributed by atoms with Crippen molar-refractivity contribution in [3.63, 3.8) is 0 Å². The molecule has 1 atom stereocenters. The zero-order valence-electron chi connectivity index (χ0n) is 13.0. The SMILES string of the molecule is CCCN(CC1COc2ccccc2O1)C(=O)CCCN.Cl. The van der Waals surface area contributed by atoms with Crippen LogP contribution in [0, 0.1) is 0 Å². The summed E-state index contributed by atoms with van der Waals surface area (Å²) in [6.07, 6.45) is 2.04. The molecule has 1 unspecified atom stereocenters. The van der Waals surface area contributed by atoms with Crippen molar-refractivity contribution in [2.24, 2.45) is 5.73 Å². The largest absolute Gasteiger partial charge is 0.486 e. The van der Waals surface area contributed by atoms with E-state index in [1.54, 1.807) is 0 Å². The van der Waals surface area contributed by atoms with Gasteiger partial charge in [0.2, 0.25) is 5.91 Å². The number of halogens is 1. The third-order valence-corrected chi connectivity index (χ3v) is 3.43. The predicted molar refractivity (Wildman–Crippen MR) is 88.8 cm³/mol. The number of nitrogens with two attached hydrogens (primary N) is 1. The topological polar surface area (TPSA) is 64.8 Å². The first-order valence-corrected chi connectivity index (χ1v) is 7.61. The van der Waals surface area contributed by atoms with E-state index in [0.717, 1.165) is 30.9 Å². The molecule has 0 spiro atoms. The Morgan fingerprint density at radius 3 is 2.77 bits per heavy atom. The molecule has 1 heterocycles. The normalized spacial score (nSPS) is 15.8. The van der Waals surface area contributed by atoms with Crippen LogP contribution in [0.2, 0.25) is 0 Å². The van der Waals surface area contributed by atoms with Gasteiger partial charge in [-0.25, -0.2) is 0 Å². The van der Waals surface area contributed by atoms with Crippen molar-refractivity contribution >= 4 is 18.3 Å². The highest BCUT2D eigenvalue weighted by atomic mass is 35.5. The summed E-state index contributed by atoms with van der Waals surface area (Å²) in [7, 11) is 0. The van der Waals surface area contributed by atoms with Crippen LogP contribution in [-0.2, 0) is 4.79 Å². The number of ether oxygens (including phenoxy) is 2. The summed E-state index contributed by atoms with van der Waals surface area (Å²) in [4.78, 5) is 14.0. The van der Waals surface area contributed by atoms with E-state index in [1.165, 1.54) is 0 Å². The molecule has 6 heteroatoms. The number of rotatable bonds is 7. The molecule has 1 aliphatic heterocycles. The molecule has 22 heavy (non-hydrogen) atoms. The molecule has 5 nitrogen and oxygen atoms in total. The highest BCUT2D eigenvalue weighted by Gasteiger charge is 2.24. The lowest BCUT2D eigenvalue weighted by molar-refractivity contribution is -0.132. The molecule has 0 bridgehead atoms. The molecule has 1 amide bonds. The van der Waals surface area contributed by atoms with Crippen LogP contribution >= 0.6 is 12.4 Å². The molecule has 0 saturated heterocycles. The quantitative estimate of drug-likeness (QED) is 0.833. The standard InChI is InChI=1S/C16H24N2O3.ClH/c1-2-10-18(16(19)8-5-9-17)11-13-12-20-14-6-3-4-7-15(14)21-13;/h3-4,6-7,13H,2,5,8-12,17H2,1H3;1H. The van der Waals surface area contributed by atoms with Gasteiger partial charge in [-0.2, -0.15) is 0 Å². The van der Waals surface area contributed by atoms with Gasteiger partial charge in [0.25, 0.3) is 0 Å². The van der Waals surface area contributed by atoms with Gasteiger partial charge in [0, 0.05) is 13.0 Å². The molecule has 1 aliphatic rings. The van der Waals surface area contributed by atoms with Gasteiger partial charge in [-0.3, -0.25) is 4.79 Å². The predicted octanol–water partition coefficient (Wildman–Crippen LogP) is 2.23. The minimum Gasteiger partial charge on any atom is -0.486 e. The zero-order valence-corrected chi connectivity index (χ0v) is 13.8. The summed E-state index contributed by atoms with van der Waals surface area (Å²) < 4.78 is 11.6. The minimum absolute atomic E-state index is 0. The summed E-state index contributed by atoms with van der Waals surface area (Å²) in [5.74, 6) is 1.66. The number of nitrogens with zero attached hydrogens (tertiary/aromatic N) is 1. The van der Waals surface area contributed by atoms with E-state index in [0.29, 0.717) is 26.1 Å². The van der Waals surface area contributed by atoms with Crippen LogP contribution in [0.25, 0.3) is 0 Å². The molecule has 124 valence electrons. The van der Waals surface area contributed by atoms with Crippen molar-refractivity contribution in [2.45, 2.75) is 32.3 Å². The van der Waals surface area contributed by atoms with Gasteiger partial charge >= 0.3 is 0 Å². The number of fused-ring (bicyclic) bond motifs is 1. The van der Waals surface area contributed by atoms with Gasteiger partial charge in [-0.15, -0.1) is 12.4 Å². The van der Waals surface area contributed by atoms with Crippen LogP contribution in [0.3, 0.4) is 0 Å². The Kier molecular flexibility index (Phi) is 8.06. The monoisotopic (exact) mass is 328 g/mol. The van der Waals surface area contributed by atoms with Crippen LogP contribution < -0.4 is 15.2 Å². The fourth-order valence-electron chi connectivity index (χ4n) is 2.40. The average Bonchev–Trinajstić information content (AvgIpc) is 2.52. The van der Waals surface area contributed by atoms with Gasteiger partial charge < -0.3 is 20.1 Å². The summed E-state index contributed by atoms with van der Waals surface area (Å²) in [6, 6.07) is 7.62. The highest BCUT2D eigenvalue weighted by molar-refractivity contribution is 5.85. The number of carbonyl (C=O) groups excluding carboxylic acids is 1. The van der Waals surface area contributed by atoms with E-state index in [1.807, 2.05) is 29.2 Å². The Morgan fingerprint density at radius 1 is 1.36 bits per heavy atom. The van der Waals surface area contributed by atoms with Crippen LogP contribution in [-0.4, -0.2) is 43.2 Å². The Morgan fingerprint density at radius 2 is 2.09 bits per heavy atom. The average molecular weight is 329 g/mol. The van der Waals surface area contributed by atoms with Gasteiger partial charge in [-0.05, 0) is 31.5 Å². The molecule has 1 aromatic rings. The molecular weight excluding hydrogens is 304 g/mol. The molecule has 2 rings (SSSR count). The number of hydrogen-bond acceptors (Lipinski definition) is 4. The van der Waals surface area contributed by atoms with Crippen molar-refractivity contribution in [3.8, 4) is 11.5 Å². The van der Waals surface area contributed by atoms with E-state index < -0.39 is 0 Å². The number of hydrogen-bond donors (Lipinski definition) is 1. The van der Waals surface area contributed by atoms with E-state index in [2.05, 4.69) is 6.92 Å².